The Morgan fingerprint density at radius 1 is 1.17 bits per heavy atom. The molecule has 0 bridgehead atoms. The van der Waals surface area contributed by atoms with Crippen LogP contribution in [0.15, 0.2) is 12.3 Å². The summed E-state index contributed by atoms with van der Waals surface area (Å²) in [5.41, 5.74) is 1.44. The number of rotatable bonds is 5. The number of aromatic nitrogens is 2. The van der Waals surface area contributed by atoms with Gasteiger partial charge in [-0.25, -0.2) is 18.6 Å². The van der Waals surface area contributed by atoms with Crippen molar-refractivity contribution >= 4 is 0 Å². The molecule has 0 aliphatic heterocycles. The van der Waals surface area contributed by atoms with Gasteiger partial charge >= 0.3 is 0 Å². The van der Waals surface area contributed by atoms with E-state index in [1.165, 1.54) is 37.8 Å². The van der Waals surface area contributed by atoms with Crippen molar-refractivity contribution in [2.24, 2.45) is 14.1 Å². The highest BCUT2D eigenvalue weighted by atomic mass is 35.7. The molecule has 0 aliphatic rings. The smallest absolute Gasteiger partial charge is 0.195 e. The van der Waals surface area contributed by atoms with Crippen molar-refractivity contribution in [2.45, 2.75) is 39.0 Å². The minimum absolute atomic E-state index is 1.22. The molecule has 0 spiro atoms. The molecule has 0 fully saturated rings. The molecule has 0 radical (unpaired) electrons. The van der Waals surface area contributed by atoms with Crippen LogP contribution in [0.25, 0.3) is 0 Å². The van der Waals surface area contributed by atoms with Crippen LogP contribution < -0.4 is 23.3 Å². The second-order valence-corrected chi connectivity index (χ2v) is 4.85. The van der Waals surface area contributed by atoms with Gasteiger partial charge in [0, 0.05) is 6.07 Å². The Bertz CT molecular complexity index is 330. The molecular formula is C11H21ClN2O4. The Hall–Kier alpha value is -0.660. The van der Waals surface area contributed by atoms with Crippen molar-refractivity contribution in [3.63, 3.8) is 0 Å². The summed E-state index contributed by atoms with van der Waals surface area (Å²) in [7, 11) is -0.745. The van der Waals surface area contributed by atoms with Gasteiger partial charge in [-0.05, 0) is 12.8 Å². The number of aryl methyl sites for hydroxylation is 2. The topological polar surface area (TPSA) is 101 Å². The molecule has 0 aliphatic carbocycles. The average molecular weight is 281 g/mol. The van der Waals surface area contributed by atoms with E-state index in [2.05, 4.69) is 42.6 Å². The van der Waals surface area contributed by atoms with Crippen LogP contribution in [0, 0.1) is 10.2 Å². The van der Waals surface area contributed by atoms with Gasteiger partial charge in [-0.2, -0.15) is 4.68 Å². The fraction of sp³-hybridized carbons (Fsp3) is 0.727. The summed E-state index contributed by atoms with van der Waals surface area (Å²) in [5.74, 6) is 0. The van der Waals surface area contributed by atoms with Crippen LogP contribution in [0.5, 0.6) is 0 Å². The number of halogens is 1. The average Bonchev–Trinajstić information content (AvgIpc) is 2.53. The third kappa shape index (κ3) is 9.38. The van der Waals surface area contributed by atoms with Crippen LogP contribution in [0.1, 0.15) is 38.3 Å². The zero-order chi connectivity index (χ0) is 14.2. The highest BCUT2D eigenvalue weighted by Crippen LogP contribution is 2.05. The van der Waals surface area contributed by atoms with E-state index < -0.39 is 10.2 Å². The fourth-order valence-electron chi connectivity index (χ4n) is 1.58. The highest BCUT2D eigenvalue weighted by molar-refractivity contribution is 4.96. The Morgan fingerprint density at radius 2 is 1.72 bits per heavy atom. The van der Waals surface area contributed by atoms with E-state index >= 15 is 0 Å². The maximum absolute atomic E-state index is 8.49. The SMILES string of the molecule is CCCCCCc1cc[n+](C)n1C.[O-][Cl+3]([O-])([O-])[O-]. The maximum atomic E-state index is 8.49. The van der Waals surface area contributed by atoms with Crippen molar-refractivity contribution in [2.75, 3.05) is 0 Å². The lowest BCUT2D eigenvalue weighted by molar-refractivity contribution is -2.00. The van der Waals surface area contributed by atoms with Crippen molar-refractivity contribution in [1.29, 1.82) is 0 Å². The number of hydrogen-bond donors (Lipinski definition) is 0. The minimum Gasteiger partial charge on any atom is -0.222 e. The Balaban J connectivity index is 0.000000494. The van der Waals surface area contributed by atoms with E-state index in [0.717, 1.165) is 0 Å². The van der Waals surface area contributed by atoms with E-state index in [4.69, 9.17) is 18.6 Å². The molecule has 18 heavy (non-hydrogen) atoms. The normalized spacial score (nSPS) is 11.1. The lowest BCUT2D eigenvalue weighted by atomic mass is 10.1. The standard InChI is InChI=1S/C11H21N2.ClHO4/c1-4-5-6-7-8-11-9-10-12(2)13(11)3;2-1(3,4)5/h9-10H,4-8H2,1-3H3;(H,2,3,4,5)/q+1;/p-1. The Labute approximate surface area is 110 Å². The second kappa shape index (κ2) is 8.44. The molecule has 0 saturated heterocycles. The summed E-state index contributed by atoms with van der Waals surface area (Å²) in [4.78, 5) is 0. The summed E-state index contributed by atoms with van der Waals surface area (Å²) >= 11 is 0. The second-order valence-electron chi connectivity index (χ2n) is 4.09. The third-order valence-corrected chi connectivity index (χ3v) is 2.66. The lowest BCUT2D eigenvalue weighted by Crippen LogP contribution is -2.68. The number of hydrogen-bond acceptors (Lipinski definition) is 4. The van der Waals surface area contributed by atoms with Gasteiger partial charge in [-0.3, -0.25) is 0 Å². The summed E-state index contributed by atoms with van der Waals surface area (Å²) in [6.45, 7) is 2.25. The van der Waals surface area contributed by atoms with Gasteiger partial charge in [0.2, 0.25) is 0 Å². The van der Waals surface area contributed by atoms with Crippen LogP contribution in [-0.2, 0) is 20.5 Å². The van der Waals surface area contributed by atoms with Gasteiger partial charge in [0.05, 0.1) is 12.7 Å². The zero-order valence-electron chi connectivity index (χ0n) is 11.1. The van der Waals surface area contributed by atoms with E-state index in [9.17, 15) is 0 Å². The predicted octanol–water partition coefficient (Wildman–Crippen LogP) is -2.78. The molecular weight excluding hydrogens is 260 g/mol. The Morgan fingerprint density at radius 3 is 2.11 bits per heavy atom. The van der Waals surface area contributed by atoms with Gasteiger partial charge in [0.25, 0.3) is 0 Å². The van der Waals surface area contributed by atoms with Crippen LogP contribution in [0.4, 0.5) is 0 Å². The first kappa shape index (κ1) is 17.3. The third-order valence-electron chi connectivity index (χ3n) is 2.66. The van der Waals surface area contributed by atoms with Crippen LogP contribution in [0.2, 0.25) is 0 Å². The van der Waals surface area contributed by atoms with Gasteiger partial charge in [-0.15, -0.1) is 14.9 Å². The largest absolute Gasteiger partial charge is 0.222 e. The first-order valence-electron chi connectivity index (χ1n) is 5.88. The fourth-order valence-corrected chi connectivity index (χ4v) is 1.58. The van der Waals surface area contributed by atoms with Gasteiger partial charge < -0.3 is 0 Å². The van der Waals surface area contributed by atoms with Crippen molar-refractivity contribution in [3.05, 3.63) is 18.0 Å². The summed E-state index contributed by atoms with van der Waals surface area (Å²) < 4.78 is 38.3. The molecule has 1 rings (SSSR count). The molecule has 0 N–H and O–H groups in total. The summed E-state index contributed by atoms with van der Waals surface area (Å²) in [5, 5.41) is 0. The molecule has 6 nitrogen and oxygen atoms in total. The maximum Gasteiger partial charge on any atom is 0.195 e. The highest BCUT2D eigenvalue weighted by Gasteiger charge is 2.05. The minimum atomic E-state index is -4.94. The molecule has 0 aromatic carbocycles. The van der Waals surface area contributed by atoms with Crippen LogP contribution in [-0.4, -0.2) is 4.68 Å². The van der Waals surface area contributed by atoms with Gasteiger partial charge in [0.1, 0.15) is 0 Å². The number of unbranched alkanes of at least 4 members (excludes halogenated alkanes) is 3. The molecule has 106 valence electrons. The van der Waals surface area contributed by atoms with Crippen LogP contribution >= 0.6 is 0 Å². The molecule has 1 aromatic rings. The van der Waals surface area contributed by atoms with Gasteiger partial charge in [-0.1, -0.05) is 26.2 Å². The molecule has 0 saturated carbocycles. The van der Waals surface area contributed by atoms with Crippen molar-refractivity contribution in [3.8, 4) is 0 Å². The molecule has 1 heterocycles. The van der Waals surface area contributed by atoms with Crippen LogP contribution in [0.3, 0.4) is 0 Å². The number of nitrogens with zero attached hydrogens (tertiary/aromatic N) is 2. The molecule has 0 amide bonds. The van der Waals surface area contributed by atoms with Crippen molar-refractivity contribution in [1.82, 2.24) is 4.68 Å². The first-order chi connectivity index (χ1) is 8.25. The summed E-state index contributed by atoms with van der Waals surface area (Å²) in [6, 6.07) is 2.21. The lowest BCUT2D eigenvalue weighted by Gasteiger charge is -2.17. The quantitative estimate of drug-likeness (QED) is 0.430. The molecule has 1 aromatic heterocycles. The molecule has 0 atom stereocenters. The first-order valence-corrected chi connectivity index (χ1v) is 7.11. The monoisotopic (exact) mass is 280 g/mol. The van der Waals surface area contributed by atoms with E-state index in [-0.39, 0.29) is 0 Å². The zero-order valence-corrected chi connectivity index (χ0v) is 11.9. The summed E-state index contributed by atoms with van der Waals surface area (Å²) in [6.07, 6.45) is 8.72. The Kier molecular flexibility index (Phi) is 8.13. The molecule has 7 heteroatoms. The van der Waals surface area contributed by atoms with E-state index in [0.29, 0.717) is 0 Å². The predicted molar refractivity (Wildman–Crippen MR) is 54.4 cm³/mol. The van der Waals surface area contributed by atoms with E-state index in [1.807, 2.05) is 0 Å². The van der Waals surface area contributed by atoms with E-state index in [1.54, 1.807) is 0 Å². The van der Waals surface area contributed by atoms with Gasteiger partial charge in [0.15, 0.2) is 13.2 Å². The molecule has 0 unspecified atom stereocenters. The van der Waals surface area contributed by atoms with Crippen molar-refractivity contribution < 1.29 is 33.6 Å².